The van der Waals surface area contributed by atoms with Crippen LogP contribution < -0.4 is 10.2 Å². The van der Waals surface area contributed by atoms with Crippen LogP contribution in [0.15, 0.2) is 6.20 Å². The minimum Gasteiger partial charge on any atom is -0.348 e. The topological polar surface area (TPSA) is 28.2 Å². The third kappa shape index (κ3) is 3.19. The summed E-state index contributed by atoms with van der Waals surface area (Å²) in [6.07, 6.45) is 7.40. The molecule has 0 amide bonds. The number of aromatic nitrogens is 1. The van der Waals surface area contributed by atoms with E-state index in [0.717, 1.165) is 12.5 Å². The van der Waals surface area contributed by atoms with Crippen LogP contribution in [0.5, 0.6) is 0 Å². The van der Waals surface area contributed by atoms with Crippen molar-refractivity contribution in [1.82, 2.24) is 10.3 Å². The lowest BCUT2D eigenvalue weighted by molar-refractivity contribution is 0.336. The van der Waals surface area contributed by atoms with Gasteiger partial charge in [-0.15, -0.1) is 11.3 Å². The van der Waals surface area contributed by atoms with Gasteiger partial charge >= 0.3 is 0 Å². The average Bonchev–Trinajstić information content (AvgIpc) is 2.77. The summed E-state index contributed by atoms with van der Waals surface area (Å²) in [5.41, 5.74) is 0. The van der Waals surface area contributed by atoms with Crippen molar-refractivity contribution in [3.8, 4) is 0 Å². The number of nitrogens with one attached hydrogen (secondary N) is 1. The quantitative estimate of drug-likeness (QED) is 0.894. The first kappa shape index (κ1) is 12.8. The molecule has 2 unspecified atom stereocenters. The highest BCUT2D eigenvalue weighted by atomic mass is 32.1. The van der Waals surface area contributed by atoms with E-state index in [2.05, 4.69) is 29.2 Å². The van der Waals surface area contributed by atoms with Crippen LogP contribution >= 0.6 is 11.3 Å². The molecule has 17 heavy (non-hydrogen) atoms. The molecule has 0 saturated heterocycles. The predicted molar refractivity (Wildman–Crippen MR) is 74.7 cm³/mol. The molecule has 1 heterocycles. The molecule has 1 N–H and O–H groups in total. The van der Waals surface area contributed by atoms with Gasteiger partial charge in [0.2, 0.25) is 0 Å². The highest BCUT2D eigenvalue weighted by molar-refractivity contribution is 7.15. The van der Waals surface area contributed by atoms with Gasteiger partial charge in [0, 0.05) is 30.7 Å². The van der Waals surface area contributed by atoms with Crippen LogP contribution in [0.4, 0.5) is 5.13 Å². The molecule has 1 fully saturated rings. The van der Waals surface area contributed by atoms with Crippen molar-refractivity contribution in [1.29, 1.82) is 0 Å². The summed E-state index contributed by atoms with van der Waals surface area (Å²) in [4.78, 5) is 8.25. The standard InChI is InChI=1S/C13H23N3S/c1-10-5-4-6-11(7-10)16(3)13-15-9-12(17-13)8-14-2/h9-11,14H,4-8H2,1-3H3. The molecule has 1 aliphatic carbocycles. The summed E-state index contributed by atoms with van der Waals surface area (Å²) < 4.78 is 0. The van der Waals surface area contributed by atoms with Crippen molar-refractivity contribution >= 4 is 16.5 Å². The molecule has 0 radical (unpaired) electrons. The predicted octanol–water partition coefficient (Wildman–Crippen LogP) is 2.88. The fourth-order valence-electron chi connectivity index (χ4n) is 2.63. The Morgan fingerprint density at radius 3 is 3.06 bits per heavy atom. The minimum atomic E-state index is 0.687. The Balaban J connectivity index is 1.99. The second-order valence-electron chi connectivity index (χ2n) is 5.18. The third-order valence-corrected chi connectivity index (χ3v) is 4.74. The van der Waals surface area contributed by atoms with Gasteiger partial charge < -0.3 is 10.2 Å². The average molecular weight is 253 g/mol. The molecule has 1 aromatic heterocycles. The van der Waals surface area contributed by atoms with Gasteiger partial charge in [-0.3, -0.25) is 0 Å². The van der Waals surface area contributed by atoms with Crippen LogP contribution in [-0.4, -0.2) is 25.1 Å². The molecule has 3 nitrogen and oxygen atoms in total. The summed E-state index contributed by atoms with van der Waals surface area (Å²) in [5.74, 6) is 0.868. The summed E-state index contributed by atoms with van der Waals surface area (Å²) in [6, 6.07) is 0.687. The minimum absolute atomic E-state index is 0.687. The highest BCUT2D eigenvalue weighted by Gasteiger charge is 2.23. The number of hydrogen-bond donors (Lipinski definition) is 1. The van der Waals surface area contributed by atoms with Gasteiger partial charge in [0.05, 0.1) is 0 Å². The summed E-state index contributed by atoms with van der Waals surface area (Å²) in [6.45, 7) is 3.29. The van der Waals surface area contributed by atoms with Crippen molar-refractivity contribution < 1.29 is 0 Å². The Bertz CT molecular complexity index is 350. The van der Waals surface area contributed by atoms with Crippen molar-refractivity contribution in [2.75, 3.05) is 19.0 Å². The second-order valence-corrected chi connectivity index (χ2v) is 6.27. The third-order valence-electron chi connectivity index (χ3n) is 3.65. The van der Waals surface area contributed by atoms with E-state index in [1.165, 1.54) is 35.7 Å². The molecule has 0 bridgehead atoms. The Hall–Kier alpha value is -0.610. The smallest absolute Gasteiger partial charge is 0.185 e. The van der Waals surface area contributed by atoms with Gasteiger partial charge in [0.15, 0.2) is 5.13 Å². The number of anilines is 1. The first-order valence-corrected chi connectivity index (χ1v) is 7.34. The molecule has 4 heteroatoms. The van der Waals surface area contributed by atoms with Gasteiger partial charge in [0.25, 0.3) is 0 Å². The Morgan fingerprint density at radius 1 is 1.53 bits per heavy atom. The van der Waals surface area contributed by atoms with Gasteiger partial charge in [-0.1, -0.05) is 19.8 Å². The van der Waals surface area contributed by atoms with Crippen LogP contribution in [0.2, 0.25) is 0 Å². The summed E-state index contributed by atoms with van der Waals surface area (Å²) in [7, 11) is 4.18. The van der Waals surface area contributed by atoms with Crippen LogP contribution in [-0.2, 0) is 6.54 Å². The molecule has 2 rings (SSSR count). The first-order chi connectivity index (χ1) is 8.20. The van der Waals surface area contributed by atoms with Crippen LogP contribution in [0.1, 0.15) is 37.5 Å². The maximum absolute atomic E-state index is 4.54. The maximum Gasteiger partial charge on any atom is 0.185 e. The zero-order chi connectivity index (χ0) is 12.3. The van der Waals surface area contributed by atoms with E-state index >= 15 is 0 Å². The van der Waals surface area contributed by atoms with E-state index in [-0.39, 0.29) is 0 Å². The van der Waals surface area contributed by atoms with E-state index in [4.69, 9.17) is 0 Å². The molecule has 1 aliphatic rings. The zero-order valence-electron chi connectivity index (χ0n) is 11.1. The number of rotatable bonds is 4. The molecule has 1 aromatic rings. The molecule has 1 saturated carbocycles. The van der Waals surface area contributed by atoms with E-state index < -0.39 is 0 Å². The van der Waals surface area contributed by atoms with Crippen LogP contribution in [0.3, 0.4) is 0 Å². The van der Waals surface area contributed by atoms with Gasteiger partial charge in [0.1, 0.15) is 0 Å². The van der Waals surface area contributed by atoms with E-state index in [0.29, 0.717) is 6.04 Å². The molecule has 2 atom stereocenters. The SMILES string of the molecule is CNCc1cnc(N(C)C2CCCC(C)C2)s1. The van der Waals surface area contributed by atoms with E-state index in [1.807, 2.05) is 24.6 Å². The lowest BCUT2D eigenvalue weighted by atomic mass is 9.86. The second kappa shape index (κ2) is 5.83. The zero-order valence-corrected chi connectivity index (χ0v) is 11.9. The fraction of sp³-hybridized carbons (Fsp3) is 0.769. The number of thiazole rings is 1. The first-order valence-electron chi connectivity index (χ1n) is 6.53. The summed E-state index contributed by atoms with van der Waals surface area (Å²) in [5, 5.41) is 4.35. The summed E-state index contributed by atoms with van der Waals surface area (Å²) >= 11 is 1.81. The molecular weight excluding hydrogens is 230 g/mol. The normalized spacial score (nSPS) is 24.9. The lowest BCUT2D eigenvalue weighted by Gasteiger charge is -2.33. The molecule has 0 aromatic carbocycles. The largest absolute Gasteiger partial charge is 0.348 e. The van der Waals surface area contributed by atoms with Crippen LogP contribution in [0, 0.1) is 5.92 Å². The molecule has 96 valence electrons. The monoisotopic (exact) mass is 253 g/mol. The molecule has 0 aliphatic heterocycles. The Morgan fingerprint density at radius 2 is 2.35 bits per heavy atom. The molecular formula is C13H23N3S. The van der Waals surface area contributed by atoms with Gasteiger partial charge in [-0.25, -0.2) is 4.98 Å². The fourth-order valence-corrected chi connectivity index (χ4v) is 3.58. The number of nitrogens with zero attached hydrogens (tertiary/aromatic N) is 2. The van der Waals surface area contributed by atoms with Crippen LogP contribution in [0.25, 0.3) is 0 Å². The number of hydrogen-bond acceptors (Lipinski definition) is 4. The molecule has 0 spiro atoms. The van der Waals surface area contributed by atoms with Crippen molar-refractivity contribution in [2.24, 2.45) is 5.92 Å². The van der Waals surface area contributed by atoms with Crippen molar-refractivity contribution in [3.05, 3.63) is 11.1 Å². The van der Waals surface area contributed by atoms with E-state index in [1.54, 1.807) is 0 Å². The van der Waals surface area contributed by atoms with E-state index in [9.17, 15) is 0 Å². The van der Waals surface area contributed by atoms with Crippen molar-refractivity contribution in [3.63, 3.8) is 0 Å². The Labute approximate surface area is 108 Å². The highest BCUT2D eigenvalue weighted by Crippen LogP contribution is 2.31. The van der Waals surface area contributed by atoms with Gasteiger partial charge in [-0.05, 0) is 25.8 Å². The van der Waals surface area contributed by atoms with Gasteiger partial charge in [-0.2, -0.15) is 0 Å². The lowest BCUT2D eigenvalue weighted by Crippen LogP contribution is -2.35. The Kier molecular flexibility index (Phi) is 4.40. The van der Waals surface area contributed by atoms with Crippen molar-refractivity contribution in [2.45, 2.75) is 45.2 Å². The maximum atomic E-state index is 4.54.